The standard InChI is InChI=1S/C10H15N3O5/c1-6(17-4-7-5-18-7)13-9(15)11(2)8(14)12(3)10(13)16/h6-7H,4-5H2,1-3H3. The van der Waals surface area contributed by atoms with Crippen LogP contribution in [0.3, 0.4) is 0 Å². The number of nitrogens with zero attached hydrogens (tertiary/aromatic N) is 3. The van der Waals surface area contributed by atoms with Gasteiger partial charge in [-0.3, -0.25) is 0 Å². The molecule has 0 spiro atoms. The Morgan fingerprint density at radius 1 is 1.22 bits per heavy atom. The van der Waals surface area contributed by atoms with Gasteiger partial charge in [-0.15, -0.1) is 0 Å². The second-order valence-electron chi connectivity index (χ2n) is 4.22. The van der Waals surface area contributed by atoms with Gasteiger partial charge in [0.25, 0.3) is 0 Å². The summed E-state index contributed by atoms with van der Waals surface area (Å²) in [6, 6.07) is 0. The highest BCUT2D eigenvalue weighted by Gasteiger charge is 2.25. The first-order valence-corrected chi connectivity index (χ1v) is 5.55. The molecule has 2 rings (SSSR count). The van der Waals surface area contributed by atoms with Crippen LogP contribution in [0.15, 0.2) is 14.4 Å². The minimum atomic E-state index is -0.743. The van der Waals surface area contributed by atoms with E-state index in [0.717, 1.165) is 13.7 Å². The summed E-state index contributed by atoms with van der Waals surface area (Å²) in [5.41, 5.74) is -2.03. The Morgan fingerprint density at radius 3 is 2.17 bits per heavy atom. The van der Waals surface area contributed by atoms with E-state index in [0.29, 0.717) is 13.2 Å². The second kappa shape index (κ2) is 4.54. The minimum Gasteiger partial charge on any atom is -0.371 e. The lowest BCUT2D eigenvalue weighted by Crippen LogP contribution is -2.53. The predicted molar refractivity (Wildman–Crippen MR) is 61.6 cm³/mol. The zero-order chi connectivity index (χ0) is 13.4. The summed E-state index contributed by atoms with van der Waals surface area (Å²) in [7, 11) is 2.63. The molecule has 1 fully saturated rings. The van der Waals surface area contributed by atoms with Gasteiger partial charge in [-0.05, 0) is 6.92 Å². The quantitative estimate of drug-likeness (QED) is 0.593. The van der Waals surface area contributed by atoms with E-state index in [2.05, 4.69) is 0 Å². The zero-order valence-corrected chi connectivity index (χ0v) is 10.5. The highest BCUT2D eigenvalue weighted by molar-refractivity contribution is 4.78. The van der Waals surface area contributed by atoms with E-state index in [-0.39, 0.29) is 6.10 Å². The lowest BCUT2D eigenvalue weighted by Gasteiger charge is -2.16. The molecule has 1 aromatic rings. The average molecular weight is 257 g/mol. The third-order valence-electron chi connectivity index (χ3n) is 2.85. The molecular formula is C10H15N3O5. The molecule has 0 bridgehead atoms. The van der Waals surface area contributed by atoms with E-state index in [9.17, 15) is 14.4 Å². The molecule has 18 heavy (non-hydrogen) atoms. The first-order chi connectivity index (χ1) is 8.43. The maximum atomic E-state index is 11.9. The van der Waals surface area contributed by atoms with Crippen molar-refractivity contribution in [3.8, 4) is 0 Å². The fourth-order valence-electron chi connectivity index (χ4n) is 1.59. The van der Waals surface area contributed by atoms with Gasteiger partial charge in [-0.25, -0.2) is 28.1 Å². The highest BCUT2D eigenvalue weighted by Crippen LogP contribution is 2.12. The van der Waals surface area contributed by atoms with Crippen LogP contribution in [0.2, 0.25) is 0 Å². The normalized spacial score (nSPS) is 19.8. The van der Waals surface area contributed by atoms with Crippen LogP contribution in [-0.4, -0.2) is 33.0 Å². The monoisotopic (exact) mass is 257 g/mol. The number of ether oxygens (including phenoxy) is 2. The van der Waals surface area contributed by atoms with Gasteiger partial charge in [-0.1, -0.05) is 0 Å². The fourth-order valence-corrected chi connectivity index (χ4v) is 1.59. The van der Waals surface area contributed by atoms with Crippen molar-refractivity contribution < 1.29 is 9.47 Å². The summed E-state index contributed by atoms with van der Waals surface area (Å²) in [5, 5.41) is 0. The summed E-state index contributed by atoms with van der Waals surface area (Å²) in [4.78, 5) is 35.2. The van der Waals surface area contributed by atoms with E-state index in [1.54, 1.807) is 6.92 Å². The molecule has 0 N–H and O–H groups in total. The largest absolute Gasteiger partial charge is 0.371 e. The molecule has 1 saturated heterocycles. The minimum absolute atomic E-state index is 0.0412. The molecule has 2 atom stereocenters. The Balaban J connectivity index is 2.40. The smallest absolute Gasteiger partial charge is 0.338 e. The fraction of sp³-hybridized carbons (Fsp3) is 0.700. The summed E-state index contributed by atoms with van der Waals surface area (Å²) in [5.74, 6) is 0. The van der Waals surface area contributed by atoms with Gasteiger partial charge in [0.1, 0.15) is 12.3 Å². The molecule has 1 aromatic heterocycles. The van der Waals surface area contributed by atoms with Crippen LogP contribution < -0.4 is 17.1 Å². The Kier molecular flexibility index (Phi) is 3.22. The average Bonchev–Trinajstić information content (AvgIpc) is 3.15. The van der Waals surface area contributed by atoms with Crippen molar-refractivity contribution in [2.75, 3.05) is 13.2 Å². The summed E-state index contributed by atoms with van der Waals surface area (Å²) < 4.78 is 13.0. The molecule has 0 saturated carbocycles. The van der Waals surface area contributed by atoms with E-state index in [4.69, 9.17) is 9.47 Å². The van der Waals surface area contributed by atoms with E-state index in [1.807, 2.05) is 0 Å². The molecule has 100 valence electrons. The van der Waals surface area contributed by atoms with Crippen LogP contribution in [0.5, 0.6) is 0 Å². The van der Waals surface area contributed by atoms with Gasteiger partial charge in [-0.2, -0.15) is 0 Å². The lowest BCUT2D eigenvalue weighted by atomic mass is 10.5. The second-order valence-corrected chi connectivity index (χ2v) is 4.22. The number of hydrogen-bond acceptors (Lipinski definition) is 5. The van der Waals surface area contributed by atoms with Crippen LogP contribution >= 0.6 is 0 Å². The predicted octanol–water partition coefficient (Wildman–Crippen LogP) is -1.82. The Labute approximate surface area is 102 Å². The molecule has 1 aliphatic heterocycles. The number of rotatable bonds is 4. The van der Waals surface area contributed by atoms with Crippen molar-refractivity contribution >= 4 is 0 Å². The first kappa shape index (κ1) is 12.8. The van der Waals surface area contributed by atoms with Crippen molar-refractivity contribution in [1.82, 2.24) is 13.7 Å². The number of hydrogen-bond donors (Lipinski definition) is 0. The van der Waals surface area contributed by atoms with Crippen LogP contribution in [0, 0.1) is 0 Å². The molecule has 0 amide bonds. The van der Waals surface area contributed by atoms with E-state index < -0.39 is 23.3 Å². The molecule has 1 aliphatic rings. The molecule has 8 heteroatoms. The highest BCUT2D eigenvalue weighted by atomic mass is 16.6. The third-order valence-corrected chi connectivity index (χ3v) is 2.85. The summed E-state index contributed by atoms with van der Waals surface area (Å²) in [6.45, 7) is 2.53. The van der Waals surface area contributed by atoms with Crippen molar-refractivity contribution in [2.24, 2.45) is 14.1 Å². The van der Waals surface area contributed by atoms with Crippen molar-refractivity contribution in [3.05, 3.63) is 31.5 Å². The molecule has 8 nitrogen and oxygen atoms in total. The third kappa shape index (κ3) is 2.16. The van der Waals surface area contributed by atoms with Gasteiger partial charge >= 0.3 is 17.1 Å². The SMILES string of the molecule is CC(OCC1CO1)n1c(=O)n(C)c(=O)n(C)c1=O. The molecule has 0 aromatic carbocycles. The maximum Gasteiger partial charge on any atom is 0.338 e. The van der Waals surface area contributed by atoms with Gasteiger partial charge in [0.15, 0.2) is 0 Å². The van der Waals surface area contributed by atoms with Crippen molar-refractivity contribution in [3.63, 3.8) is 0 Å². The van der Waals surface area contributed by atoms with Gasteiger partial charge < -0.3 is 9.47 Å². The van der Waals surface area contributed by atoms with Crippen LogP contribution in [0.25, 0.3) is 0 Å². The molecule has 2 heterocycles. The molecule has 0 aliphatic carbocycles. The van der Waals surface area contributed by atoms with Gasteiger partial charge in [0.2, 0.25) is 0 Å². The molecular weight excluding hydrogens is 242 g/mol. The van der Waals surface area contributed by atoms with Crippen LogP contribution in [0.4, 0.5) is 0 Å². The lowest BCUT2D eigenvalue weighted by molar-refractivity contribution is -0.000117. The van der Waals surface area contributed by atoms with E-state index >= 15 is 0 Å². The first-order valence-electron chi connectivity index (χ1n) is 5.55. The summed E-state index contributed by atoms with van der Waals surface area (Å²) in [6.07, 6.45) is -0.702. The topological polar surface area (TPSA) is 87.8 Å². The Bertz CT molecular complexity index is 582. The zero-order valence-electron chi connectivity index (χ0n) is 10.5. The summed E-state index contributed by atoms with van der Waals surface area (Å²) >= 11 is 0. The Hall–Kier alpha value is -1.67. The molecule has 2 unspecified atom stereocenters. The van der Waals surface area contributed by atoms with Gasteiger partial charge in [0, 0.05) is 14.1 Å². The van der Waals surface area contributed by atoms with Crippen LogP contribution in [0.1, 0.15) is 13.2 Å². The number of aromatic nitrogens is 3. The number of epoxide rings is 1. The van der Waals surface area contributed by atoms with Gasteiger partial charge in [0.05, 0.1) is 13.2 Å². The van der Waals surface area contributed by atoms with E-state index in [1.165, 1.54) is 14.1 Å². The molecule has 0 radical (unpaired) electrons. The van der Waals surface area contributed by atoms with Crippen molar-refractivity contribution in [1.29, 1.82) is 0 Å². The van der Waals surface area contributed by atoms with Crippen molar-refractivity contribution in [2.45, 2.75) is 19.3 Å². The Morgan fingerprint density at radius 2 is 1.72 bits per heavy atom. The van der Waals surface area contributed by atoms with Crippen LogP contribution in [-0.2, 0) is 23.6 Å². The maximum absolute atomic E-state index is 11.9.